The number of aromatic nitrogens is 3. The van der Waals surface area contributed by atoms with Gasteiger partial charge in [0.05, 0.1) is 18.7 Å². The van der Waals surface area contributed by atoms with E-state index in [0.29, 0.717) is 16.9 Å². The third-order valence-corrected chi connectivity index (χ3v) is 4.33. The summed E-state index contributed by atoms with van der Waals surface area (Å²) in [7, 11) is 0. The Kier molecular flexibility index (Phi) is 6.50. The Bertz CT molecular complexity index is 1020. The number of nitrogens with zero attached hydrogens (tertiary/aromatic N) is 3. The lowest BCUT2D eigenvalue weighted by molar-refractivity contribution is -0.142. The second-order valence-electron chi connectivity index (χ2n) is 5.67. The summed E-state index contributed by atoms with van der Waals surface area (Å²) in [4.78, 5) is 27.9. The number of hydrogen-bond donors (Lipinski definition) is 1. The normalized spacial score (nSPS) is 10.6. The molecule has 0 saturated heterocycles. The predicted octanol–water partition coefficient (Wildman–Crippen LogP) is 3.01. The molecule has 0 saturated carbocycles. The number of carbonyl (C=O) groups excluding carboxylic acids is 2. The van der Waals surface area contributed by atoms with Crippen LogP contribution in [0.2, 0.25) is 0 Å². The van der Waals surface area contributed by atoms with Gasteiger partial charge in [-0.1, -0.05) is 0 Å². The maximum atomic E-state index is 13.6. The zero-order valence-electron chi connectivity index (χ0n) is 15.2. The van der Waals surface area contributed by atoms with Gasteiger partial charge in [-0.15, -0.1) is 11.3 Å². The van der Waals surface area contributed by atoms with E-state index in [-0.39, 0.29) is 31.2 Å². The topological polar surface area (TPSA) is 95.3 Å². The summed E-state index contributed by atoms with van der Waals surface area (Å²) in [6.45, 7) is 1.83. The van der Waals surface area contributed by atoms with Crippen molar-refractivity contribution in [2.75, 3.05) is 11.9 Å². The Hall–Kier alpha value is -3.34. The minimum absolute atomic E-state index is 0.0200. The van der Waals surface area contributed by atoms with Gasteiger partial charge in [-0.3, -0.25) is 14.9 Å². The number of nitrogens with one attached hydrogen (secondary N) is 1. The van der Waals surface area contributed by atoms with Crippen LogP contribution in [0.5, 0.6) is 5.75 Å². The molecule has 0 radical (unpaired) electrons. The molecule has 2 aromatic heterocycles. The van der Waals surface area contributed by atoms with Crippen molar-refractivity contribution >= 4 is 28.3 Å². The van der Waals surface area contributed by atoms with Gasteiger partial charge < -0.3 is 9.47 Å². The fourth-order valence-electron chi connectivity index (χ4n) is 2.25. The Morgan fingerprint density at radius 3 is 2.86 bits per heavy atom. The summed E-state index contributed by atoms with van der Waals surface area (Å²) < 4.78 is 37.8. The van der Waals surface area contributed by atoms with Gasteiger partial charge in [-0.05, 0) is 25.1 Å². The van der Waals surface area contributed by atoms with Gasteiger partial charge in [-0.2, -0.15) is 5.10 Å². The first kappa shape index (κ1) is 20.4. The van der Waals surface area contributed by atoms with Crippen molar-refractivity contribution in [2.24, 2.45) is 0 Å². The van der Waals surface area contributed by atoms with Gasteiger partial charge in [0.2, 0.25) is 0 Å². The summed E-state index contributed by atoms with van der Waals surface area (Å²) in [5.41, 5.74) is 0.583. The van der Waals surface area contributed by atoms with E-state index in [1.807, 2.05) is 0 Å². The molecule has 0 aliphatic carbocycles. The van der Waals surface area contributed by atoms with Crippen molar-refractivity contribution in [2.45, 2.75) is 20.1 Å². The molecular formula is C18H16F2N4O4S. The minimum atomic E-state index is -0.836. The highest BCUT2D eigenvalue weighted by Crippen LogP contribution is 2.19. The van der Waals surface area contributed by atoms with Crippen LogP contribution < -0.4 is 10.1 Å². The zero-order chi connectivity index (χ0) is 20.8. The van der Waals surface area contributed by atoms with E-state index in [1.165, 1.54) is 28.3 Å². The quantitative estimate of drug-likeness (QED) is 0.561. The standard InChI is InChI=1S/C18H16F2N4O4S/c1-2-27-16(25)8-12-9-29-18(21-12)22-17(26)14-5-6-24(23-14)10-28-15-4-3-11(19)7-13(15)20/h3-7,9H,2,8,10H2,1H3,(H,21,22,26). The first-order valence-electron chi connectivity index (χ1n) is 8.47. The number of thiazole rings is 1. The summed E-state index contributed by atoms with van der Waals surface area (Å²) in [6.07, 6.45) is 1.50. The molecule has 8 nitrogen and oxygen atoms in total. The predicted molar refractivity (Wildman–Crippen MR) is 99.6 cm³/mol. The van der Waals surface area contributed by atoms with Gasteiger partial charge >= 0.3 is 5.97 Å². The number of halogens is 2. The lowest BCUT2D eigenvalue weighted by Crippen LogP contribution is -2.14. The maximum Gasteiger partial charge on any atom is 0.311 e. The molecule has 3 aromatic rings. The molecule has 0 fully saturated rings. The number of ether oxygens (including phenoxy) is 2. The first-order valence-corrected chi connectivity index (χ1v) is 9.35. The van der Waals surface area contributed by atoms with Crippen molar-refractivity contribution in [1.82, 2.24) is 14.8 Å². The molecule has 0 bridgehead atoms. The molecule has 0 unspecified atom stereocenters. The van der Waals surface area contributed by atoms with Gasteiger partial charge in [0, 0.05) is 17.6 Å². The third-order valence-electron chi connectivity index (χ3n) is 3.52. The Labute approximate surface area is 168 Å². The molecule has 0 spiro atoms. The molecule has 0 atom stereocenters. The van der Waals surface area contributed by atoms with E-state index in [1.54, 1.807) is 12.3 Å². The fourth-order valence-corrected chi connectivity index (χ4v) is 2.95. The van der Waals surface area contributed by atoms with E-state index in [4.69, 9.17) is 9.47 Å². The van der Waals surface area contributed by atoms with Crippen LogP contribution in [0.15, 0.2) is 35.8 Å². The number of benzene rings is 1. The van der Waals surface area contributed by atoms with Crippen LogP contribution >= 0.6 is 11.3 Å². The van der Waals surface area contributed by atoms with Crippen LogP contribution in [0.3, 0.4) is 0 Å². The van der Waals surface area contributed by atoms with Gasteiger partial charge in [0.25, 0.3) is 5.91 Å². The molecular weight excluding hydrogens is 406 g/mol. The summed E-state index contributed by atoms with van der Waals surface area (Å²) >= 11 is 1.17. The minimum Gasteiger partial charge on any atom is -0.468 e. The van der Waals surface area contributed by atoms with Gasteiger partial charge in [0.1, 0.15) is 5.82 Å². The molecule has 0 aliphatic heterocycles. The zero-order valence-corrected chi connectivity index (χ0v) is 16.0. The van der Waals surface area contributed by atoms with Crippen LogP contribution in [-0.4, -0.2) is 33.2 Å². The molecule has 2 heterocycles. The summed E-state index contributed by atoms with van der Waals surface area (Å²) in [5.74, 6) is -2.58. The van der Waals surface area contributed by atoms with E-state index in [0.717, 1.165) is 12.1 Å². The monoisotopic (exact) mass is 422 g/mol. The molecule has 1 aromatic carbocycles. The highest BCUT2D eigenvalue weighted by Gasteiger charge is 2.14. The van der Waals surface area contributed by atoms with Crippen molar-refractivity contribution in [3.8, 4) is 5.75 Å². The molecule has 11 heteroatoms. The Morgan fingerprint density at radius 1 is 1.28 bits per heavy atom. The molecule has 1 amide bonds. The summed E-state index contributed by atoms with van der Waals surface area (Å²) in [6, 6.07) is 4.40. The van der Waals surface area contributed by atoms with E-state index in [2.05, 4.69) is 15.4 Å². The molecule has 152 valence electrons. The average molecular weight is 422 g/mol. The van der Waals surface area contributed by atoms with Crippen molar-refractivity contribution in [3.63, 3.8) is 0 Å². The van der Waals surface area contributed by atoms with Crippen LogP contribution in [0.4, 0.5) is 13.9 Å². The van der Waals surface area contributed by atoms with Crippen molar-refractivity contribution < 1.29 is 27.8 Å². The van der Waals surface area contributed by atoms with E-state index >= 15 is 0 Å². The second kappa shape index (κ2) is 9.24. The molecule has 29 heavy (non-hydrogen) atoms. The number of amides is 1. The third kappa shape index (κ3) is 5.57. The number of rotatable bonds is 8. The second-order valence-corrected chi connectivity index (χ2v) is 6.53. The van der Waals surface area contributed by atoms with Crippen molar-refractivity contribution in [3.05, 3.63) is 58.9 Å². The molecule has 3 rings (SSSR count). The lowest BCUT2D eigenvalue weighted by Gasteiger charge is -2.07. The number of anilines is 1. The van der Waals surface area contributed by atoms with Crippen LogP contribution in [0, 0.1) is 11.6 Å². The van der Waals surface area contributed by atoms with Crippen molar-refractivity contribution in [1.29, 1.82) is 0 Å². The first-order chi connectivity index (χ1) is 13.9. The van der Waals surface area contributed by atoms with Gasteiger partial charge in [-0.25, -0.2) is 18.4 Å². The summed E-state index contributed by atoms with van der Waals surface area (Å²) in [5, 5.41) is 8.58. The van der Waals surface area contributed by atoms with Crippen LogP contribution in [0.1, 0.15) is 23.1 Å². The largest absolute Gasteiger partial charge is 0.468 e. The highest BCUT2D eigenvalue weighted by molar-refractivity contribution is 7.14. The van der Waals surface area contributed by atoms with Crippen LogP contribution in [0.25, 0.3) is 0 Å². The maximum absolute atomic E-state index is 13.6. The SMILES string of the molecule is CCOC(=O)Cc1csc(NC(=O)c2ccn(COc3ccc(F)cc3F)n2)n1. The Morgan fingerprint density at radius 2 is 2.10 bits per heavy atom. The molecule has 0 aliphatic rings. The molecule has 1 N–H and O–H groups in total. The lowest BCUT2D eigenvalue weighted by atomic mass is 10.3. The van der Waals surface area contributed by atoms with Crippen LogP contribution in [-0.2, 0) is 22.7 Å². The fraction of sp³-hybridized carbons (Fsp3) is 0.222. The smallest absolute Gasteiger partial charge is 0.311 e. The Balaban J connectivity index is 1.55. The van der Waals surface area contributed by atoms with Gasteiger partial charge in [0.15, 0.2) is 29.1 Å². The highest BCUT2D eigenvalue weighted by atomic mass is 32.1. The number of carbonyl (C=O) groups is 2. The number of esters is 1. The average Bonchev–Trinajstić information content (AvgIpc) is 3.31. The number of hydrogen-bond acceptors (Lipinski definition) is 7. The van der Waals surface area contributed by atoms with E-state index in [9.17, 15) is 18.4 Å². The van der Waals surface area contributed by atoms with E-state index < -0.39 is 23.5 Å².